The van der Waals surface area contributed by atoms with Crippen LogP contribution in [-0.2, 0) is 14.3 Å². The summed E-state index contributed by atoms with van der Waals surface area (Å²) in [5.41, 5.74) is -0.128. The number of hydrogen-bond donors (Lipinski definition) is 0. The highest BCUT2D eigenvalue weighted by atomic mass is 16.7. The second-order valence-corrected chi connectivity index (χ2v) is 5.25. The van der Waals surface area contributed by atoms with Crippen molar-refractivity contribution in [2.24, 2.45) is 0 Å². The standard InChI is InChI=1S/C12H21NO3/c1-12(2,3)16-10-5-7-13-11(10)9(14-4)6-8-15-13/h6,10-11H,5,7-8H2,1-4H3/t10-,11+/m0/s1. The van der Waals surface area contributed by atoms with Crippen LogP contribution in [0.3, 0.4) is 0 Å². The second-order valence-electron chi connectivity index (χ2n) is 5.25. The van der Waals surface area contributed by atoms with E-state index in [4.69, 9.17) is 14.3 Å². The van der Waals surface area contributed by atoms with Crippen molar-refractivity contribution < 1.29 is 14.3 Å². The van der Waals surface area contributed by atoms with Gasteiger partial charge in [-0.25, -0.2) is 0 Å². The number of hydrogen-bond acceptors (Lipinski definition) is 4. The van der Waals surface area contributed by atoms with Crippen LogP contribution in [0.2, 0.25) is 0 Å². The van der Waals surface area contributed by atoms with Gasteiger partial charge in [-0.3, -0.25) is 4.84 Å². The number of rotatable bonds is 2. The molecule has 1 fully saturated rings. The maximum absolute atomic E-state index is 6.06. The van der Waals surface area contributed by atoms with Crippen LogP contribution in [0.5, 0.6) is 0 Å². The van der Waals surface area contributed by atoms with E-state index in [1.54, 1.807) is 7.11 Å². The molecular formula is C12H21NO3. The van der Waals surface area contributed by atoms with Crippen molar-refractivity contribution in [1.82, 2.24) is 5.06 Å². The Morgan fingerprint density at radius 2 is 2.19 bits per heavy atom. The smallest absolute Gasteiger partial charge is 0.118 e. The molecule has 0 spiro atoms. The van der Waals surface area contributed by atoms with Crippen LogP contribution >= 0.6 is 0 Å². The first-order valence-electron chi connectivity index (χ1n) is 5.83. The Bertz CT molecular complexity index is 282. The van der Waals surface area contributed by atoms with E-state index < -0.39 is 0 Å². The van der Waals surface area contributed by atoms with Crippen LogP contribution < -0.4 is 0 Å². The van der Waals surface area contributed by atoms with Gasteiger partial charge in [0.05, 0.1) is 25.4 Å². The van der Waals surface area contributed by atoms with Gasteiger partial charge < -0.3 is 9.47 Å². The molecule has 92 valence electrons. The van der Waals surface area contributed by atoms with E-state index in [0.29, 0.717) is 6.61 Å². The minimum Gasteiger partial charge on any atom is -0.499 e. The lowest BCUT2D eigenvalue weighted by Crippen LogP contribution is -2.43. The summed E-state index contributed by atoms with van der Waals surface area (Å²) < 4.78 is 11.5. The molecular weight excluding hydrogens is 206 g/mol. The average molecular weight is 227 g/mol. The Labute approximate surface area is 97.1 Å². The highest BCUT2D eigenvalue weighted by Gasteiger charge is 2.42. The summed E-state index contributed by atoms with van der Waals surface area (Å²) in [6.07, 6.45) is 3.14. The summed E-state index contributed by atoms with van der Waals surface area (Å²) in [7, 11) is 1.71. The van der Waals surface area contributed by atoms with Crippen LogP contribution in [-0.4, -0.2) is 43.1 Å². The van der Waals surface area contributed by atoms with Crippen LogP contribution in [0, 0.1) is 0 Å². The van der Waals surface area contributed by atoms with Gasteiger partial charge in [0.25, 0.3) is 0 Å². The van der Waals surface area contributed by atoms with E-state index >= 15 is 0 Å². The first kappa shape index (κ1) is 11.9. The van der Waals surface area contributed by atoms with E-state index in [2.05, 4.69) is 20.8 Å². The summed E-state index contributed by atoms with van der Waals surface area (Å²) in [4.78, 5) is 5.58. The van der Waals surface area contributed by atoms with Gasteiger partial charge in [0.1, 0.15) is 11.8 Å². The molecule has 0 amide bonds. The molecule has 0 N–H and O–H groups in total. The third-order valence-corrected chi connectivity index (χ3v) is 2.85. The van der Waals surface area contributed by atoms with Crippen LogP contribution in [0.25, 0.3) is 0 Å². The van der Waals surface area contributed by atoms with Crippen LogP contribution in [0.15, 0.2) is 11.8 Å². The fourth-order valence-electron chi connectivity index (χ4n) is 2.32. The molecule has 0 aliphatic carbocycles. The van der Waals surface area contributed by atoms with Gasteiger partial charge in [0, 0.05) is 6.54 Å². The van der Waals surface area contributed by atoms with Crippen LogP contribution in [0.1, 0.15) is 27.2 Å². The van der Waals surface area contributed by atoms with E-state index in [1.807, 2.05) is 11.1 Å². The van der Waals surface area contributed by atoms with Crippen LogP contribution in [0.4, 0.5) is 0 Å². The lowest BCUT2D eigenvalue weighted by molar-refractivity contribution is -0.187. The SMILES string of the molecule is COC1=CCON2CC[C@H](OC(C)(C)C)[C@@H]12. The van der Waals surface area contributed by atoms with Crippen molar-refractivity contribution in [3.8, 4) is 0 Å². The zero-order valence-corrected chi connectivity index (χ0v) is 10.5. The lowest BCUT2D eigenvalue weighted by atomic mass is 10.1. The molecule has 2 atom stereocenters. The van der Waals surface area contributed by atoms with Crippen molar-refractivity contribution in [3.05, 3.63) is 11.8 Å². The Kier molecular flexibility index (Phi) is 3.24. The Balaban J connectivity index is 2.11. The molecule has 2 aliphatic heterocycles. The van der Waals surface area contributed by atoms with Crippen molar-refractivity contribution in [3.63, 3.8) is 0 Å². The molecule has 1 saturated heterocycles. The first-order chi connectivity index (χ1) is 7.51. The molecule has 4 nitrogen and oxygen atoms in total. The number of fused-ring (bicyclic) bond motifs is 1. The quantitative estimate of drug-likeness (QED) is 0.718. The highest BCUT2D eigenvalue weighted by molar-refractivity contribution is 5.11. The molecule has 16 heavy (non-hydrogen) atoms. The maximum Gasteiger partial charge on any atom is 0.118 e. The number of hydroxylamine groups is 2. The third-order valence-electron chi connectivity index (χ3n) is 2.85. The fourth-order valence-corrected chi connectivity index (χ4v) is 2.32. The van der Waals surface area contributed by atoms with E-state index in [0.717, 1.165) is 18.7 Å². The zero-order valence-electron chi connectivity index (χ0n) is 10.5. The van der Waals surface area contributed by atoms with E-state index in [-0.39, 0.29) is 17.7 Å². The van der Waals surface area contributed by atoms with Gasteiger partial charge in [0.2, 0.25) is 0 Å². The van der Waals surface area contributed by atoms with Gasteiger partial charge in [-0.05, 0) is 33.3 Å². The Morgan fingerprint density at radius 3 is 2.81 bits per heavy atom. The second kappa shape index (κ2) is 4.35. The van der Waals surface area contributed by atoms with E-state index in [9.17, 15) is 0 Å². The molecule has 4 heteroatoms. The Hall–Kier alpha value is -0.580. The largest absolute Gasteiger partial charge is 0.499 e. The normalized spacial score (nSPS) is 31.1. The van der Waals surface area contributed by atoms with Crippen molar-refractivity contribution in [1.29, 1.82) is 0 Å². The van der Waals surface area contributed by atoms with Crippen molar-refractivity contribution in [2.45, 2.75) is 44.9 Å². The molecule has 0 aromatic carbocycles. The minimum absolute atomic E-state index is 0.123. The molecule has 2 rings (SSSR count). The number of nitrogens with zero attached hydrogens (tertiary/aromatic N) is 1. The predicted octanol–water partition coefficient (Wildman–Crippen LogP) is 1.72. The number of methoxy groups -OCH3 is 1. The van der Waals surface area contributed by atoms with Gasteiger partial charge in [0.15, 0.2) is 0 Å². The van der Waals surface area contributed by atoms with Crippen molar-refractivity contribution in [2.75, 3.05) is 20.3 Å². The summed E-state index contributed by atoms with van der Waals surface area (Å²) in [6, 6.07) is 0.123. The molecule has 2 heterocycles. The molecule has 0 saturated carbocycles. The molecule has 0 radical (unpaired) electrons. The summed E-state index contributed by atoms with van der Waals surface area (Å²) in [6.45, 7) is 7.74. The fraction of sp³-hybridized carbons (Fsp3) is 0.833. The van der Waals surface area contributed by atoms with Gasteiger partial charge in [-0.1, -0.05) is 0 Å². The molecule has 0 aromatic heterocycles. The van der Waals surface area contributed by atoms with Gasteiger partial charge in [-0.2, -0.15) is 5.06 Å². The predicted molar refractivity (Wildman–Crippen MR) is 60.8 cm³/mol. The number of ether oxygens (including phenoxy) is 2. The summed E-state index contributed by atoms with van der Waals surface area (Å²) >= 11 is 0. The van der Waals surface area contributed by atoms with Gasteiger partial charge >= 0.3 is 0 Å². The zero-order chi connectivity index (χ0) is 11.8. The topological polar surface area (TPSA) is 30.9 Å². The maximum atomic E-state index is 6.06. The lowest BCUT2D eigenvalue weighted by Gasteiger charge is -2.34. The third kappa shape index (κ3) is 2.39. The first-order valence-corrected chi connectivity index (χ1v) is 5.83. The van der Waals surface area contributed by atoms with E-state index in [1.165, 1.54) is 0 Å². The molecule has 0 unspecified atom stereocenters. The molecule has 2 aliphatic rings. The highest BCUT2D eigenvalue weighted by Crippen LogP contribution is 2.32. The summed E-state index contributed by atoms with van der Waals surface area (Å²) in [5.74, 6) is 0.970. The Morgan fingerprint density at radius 1 is 1.44 bits per heavy atom. The minimum atomic E-state index is -0.128. The molecule has 0 aromatic rings. The van der Waals surface area contributed by atoms with Crippen molar-refractivity contribution >= 4 is 0 Å². The van der Waals surface area contributed by atoms with Gasteiger partial charge in [-0.15, -0.1) is 0 Å². The average Bonchev–Trinajstić information content (AvgIpc) is 2.59. The molecule has 0 bridgehead atoms. The monoisotopic (exact) mass is 227 g/mol. The summed E-state index contributed by atoms with van der Waals surface area (Å²) in [5, 5.41) is 1.98.